The summed E-state index contributed by atoms with van der Waals surface area (Å²) in [6, 6.07) is 0. The summed E-state index contributed by atoms with van der Waals surface area (Å²) in [7, 11) is -1.55. The van der Waals surface area contributed by atoms with E-state index in [0.29, 0.717) is 24.7 Å². The molecule has 9 nitrogen and oxygen atoms in total. The highest BCUT2D eigenvalue weighted by Crippen LogP contribution is 2.28. The molecule has 1 atom stereocenters. The maximum Gasteiger partial charge on any atom is 0.225 e. The van der Waals surface area contributed by atoms with E-state index < -0.39 is 9.84 Å². The average Bonchev–Trinajstić information content (AvgIpc) is 2.63. The Hall–Kier alpha value is -2.04. The number of hydrogen-bond donors (Lipinski definition) is 2. The Morgan fingerprint density at radius 3 is 2.56 bits per heavy atom. The molecule has 3 rings (SSSR count). The second-order valence-electron chi connectivity index (χ2n) is 6.54. The van der Waals surface area contributed by atoms with Gasteiger partial charge in [0.25, 0.3) is 0 Å². The first kappa shape index (κ1) is 21.3. The number of anilines is 2. The lowest BCUT2D eigenvalue weighted by molar-refractivity contribution is 0.447. The molecule has 0 aliphatic carbocycles. The molecule has 0 radical (unpaired) electrons. The van der Waals surface area contributed by atoms with Crippen LogP contribution in [0.25, 0.3) is 0 Å². The number of hydrogen-bond acceptors (Lipinski definition) is 9. The zero-order valence-corrected chi connectivity index (χ0v) is 16.9. The third kappa shape index (κ3) is 5.24. The first-order chi connectivity index (χ1) is 12.3. The van der Waals surface area contributed by atoms with Crippen molar-refractivity contribution in [3.8, 4) is 0 Å². The second kappa shape index (κ2) is 8.77. The first-order valence-corrected chi connectivity index (χ1v) is 10.3. The number of rotatable bonds is 5. The summed E-state index contributed by atoms with van der Waals surface area (Å²) >= 11 is 0. The van der Waals surface area contributed by atoms with Gasteiger partial charge in [0.2, 0.25) is 11.9 Å². The van der Waals surface area contributed by atoms with Crippen LogP contribution < -0.4 is 16.0 Å². The molecule has 1 saturated heterocycles. The lowest BCUT2D eigenvalue weighted by atomic mass is 9.96. The number of halogens is 1. The fraction of sp³-hybridized carbons (Fsp3) is 0.500. The maximum absolute atomic E-state index is 12.2. The normalized spacial score (nSPS) is 17.2. The van der Waals surface area contributed by atoms with Crippen molar-refractivity contribution in [2.24, 2.45) is 0 Å². The van der Waals surface area contributed by atoms with Crippen LogP contribution in [0.5, 0.6) is 0 Å². The van der Waals surface area contributed by atoms with E-state index in [2.05, 4.69) is 25.3 Å². The standard InChI is InChI=1S/C16H23N7O2S.ClH/c1-23(10-11-6-19-15(17)20-7-11)16-21-9-13(26(2,24)25)14(22-16)12-4-3-5-18-8-12;/h6-7,9,12,18H,3-5,8,10H2,1-2H3,(H2,17,19,20);1H. The molecule has 27 heavy (non-hydrogen) atoms. The fourth-order valence-electron chi connectivity index (χ4n) is 3.01. The second-order valence-corrected chi connectivity index (χ2v) is 8.52. The van der Waals surface area contributed by atoms with Crippen LogP contribution in [0.2, 0.25) is 0 Å². The molecule has 0 bridgehead atoms. The molecule has 1 fully saturated rings. The lowest BCUT2D eigenvalue weighted by Gasteiger charge is -2.25. The Kier molecular flexibility index (Phi) is 6.90. The average molecular weight is 414 g/mol. The molecular formula is C16H24ClN7O2S. The molecule has 2 aromatic rings. The van der Waals surface area contributed by atoms with Crippen LogP contribution >= 0.6 is 12.4 Å². The monoisotopic (exact) mass is 413 g/mol. The Bertz CT molecular complexity index is 871. The quantitative estimate of drug-likeness (QED) is 0.730. The van der Waals surface area contributed by atoms with E-state index in [1.54, 1.807) is 12.4 Å². The van der Waals surface area contributed by atoms with Crippen molar-refractivity contribution < 1.29 is 8.42 Å². The Balaban J connectivity index is 0.00000261. The van der Waals surface area contributed by atoms with Gasteiger partial charge in [-0.3, -0.25) is 0 Å². The maximum atomic E-state index is 12.2. The van der Waals surface area contributed by atoms with Crippen LogP contribution in [0, 0.1) is 0 Å². The smallest absolute Gasteiger partial charge is 0.225 e. The molecule has 0 spiro atoms. The largest absolute Gasteiger partial charge is 0.368 e. The van der Waals surface area contributed by atoms with Gasteiger partial charge in [0.05, 0.1) is 11.9 Å². The summed E-state index contributed by atoms with van der Waals surface area (Å²) in [5.41, 5.74) is 6.95. The highest BCUT2D eigenvalue weighted by atomic mass is 35.5. The SMILES string of the molecule is CN(Cc1cnc(N)nc1)c1ncc(S(C)(=O)=O)c(C2CCCNC2)n1.Cl. The van der Waals surface area contributed by atoms with Gasteiger partial charge in [0.15, 0.2) is 9.84 Å². The highest BCUT2D eigenvalue weighted by Gasteiger charge is 2.25. The van der Waals surface area contributed by atoms with Crippen molar-refractivity contribution in [1.29, 1.82) is 0 Å². The minimum atomic E-state index is -3.39. The van der Waals surface area contributed by atoms with E-state index in [1.165, 1.54) is 12.5 Å². The third-order valence-electron chi connectivity index (χ3n) is 4.34. The predicted molar refractivity (Wildman–Crippen MR) is 106 cm³/mol. The van der Waals surface area contributed by atoms with E-state index in [9.17, 15) is 8.42 Å². The first-order valence-electron chi connectivity index (χ1n) is 8.40. The minimum Gasteiger partial charge on any atom is -0.368 e. The van der Waals surface area contributed by atoms with Crippen molar-refractivity contribution in [3.63, 3.8) is 0 Å². The number of nitrogens with one attached hydrogen (secondary N) is 1. The Morgan fingerprint density at radius 1 is 1.26 bits per heavy atom. The zero-order valence-electron chi connectivity index (χ0n) is 15.3. The number of piperidine rings is 1. The van der Waals surface area contributed by atoms with E-state index in [4.69, 9.17) is 5.73 Å². The molecule has 0 saturated carbocycles. The van der Waals surface area contributed by atoms with Crippen molar-refractivity contribution in [1.82, 2.24) is 25.3 Å². The van der Waals surface area contributed by atoms with Crippen molar-refractivity contribution in [2.45, 2.75) is 30.2 Å². The topological polar surface area (TPSA) is 127 Å². The van der Waals surface area contributed by atoms with Crippen LogP contribution in [-0.2, 0) is 16.4 Å². The van der Waals surface area contributed by atoms with Gasteiger partial charge in [-0.05, 0) is 19.4 Å². The number of nitrogens with zero attached hydrogens (tertiary/aromatic N) is 5. The van der Waals surface area contributed by atoms with Gasteiger partial charge >= 0.3 is 0 Å². The molecule has 1 aliphatic rings. The molecule has 3 N–H and O–H groups in total. The van der Waals surface area contributed by atoms with Crippen LogP contribution in [0.4, 0.5) is 11.9 Å². The molecule has 3 heterocycles. The van der Waals surface area contributed by atoms with E-state index in [0.717, 1.165) is 24.9 Å². The van der Waals surface area contributed by atoms with Crippen LogP contribution in [0.15, 0.2) is 23.5 Å². The Morgan fingerprint density at radius 2 is 1.96 bits per heavy atom. The van der Waals surface area contributed by atoms with Gasteiger partial charge in [0, 0.05) is 50.3 Å². The van der Waals surface area contributed by atoms with Crippen LogP contribution in [0.1, 0.15) is 30.0 Å². The van der Waals surface area contributed by atoms with Crippen molar-refractivity contribution in [2.75, 3.05) is 37.0 Å². The molecule has 11 heteroatoms. The van der Waals surface area contributed by atoms with Gasteiger partial charge in [-0.25, -0.2) is 28.4 Å². The van der Waals surface area contributed by atoms with E-state index in [-0.39, 0.29) is 29.2 Å². The predicted octanol–water partition coefficient (Wildman–Crippen LogP) is 0.777. The minimum absolute atomic E-state index is 0. The molecule has 2 aromatic heterocycles. The summed E-state index contributed by atoms with van der Waals surface area (Å²) in [4.78, 5) is 18.9. The Labute approximate surface area is 165 Å². The third-order valence-corrected chi connectivity index (χ3v) is 5.45. The van der Waals surface area contributed by atoms with Gasteiger partial charge in [-0.2, -0.15) is 0 Å². The summed E-state index contributed by atoms with van der Waals surface area (Å²) in [5, 5.41) is 3.31. The summed E-state index contributed by atoms with van der Waals surface area (Å²) in [6.45, 7) is 2.15. The van der Waals surface area contributed by atoms with Crippen molar-refractivity contribution >= 4 is 34.1 Å². The molecule has 1 aliphatic heterocycles. The molecule has 0 aromatic carbocycles. The number of nitrogens with two attached hydrogens (primary N) is 1. The summed E-state index contributed by atoms with van der Waals surface area (Å²) in [6.07, 6.45) is 7.80. The highest BCUT2D eigenvalue weighted by molar-refractivity contribution is 7.90. The number of nitrogen functional groups attached to an aromatic ring is 1. The number of aromatic nitrogens is 4. The van der Waals surface area contributed by atoms with Gasteiger partial charge in [-0.1, -0.05) is 0 Å². The lowest BCUT2D eigenvalue weighted by Crippen LogP contribution is -2.30. The van der Waals surface area contributed by atoms with E-state index >= 15 is 0 Å². The molecule has 1 unspecified atom stereocenters. The van der Waals surface area contributed by atoms with Gasteiger partial charge < -0.3 is 16.0 Å². The fourth-order valence-corrected chi connectivity index (χ4v) is 3.85. The number of sulfone groups is 1. The summed E-state index contributed by atoms with van der Waals surface area (Å²) in [5.74, 6) is 0.746. The molecule has 148 valence electrons. The molecule has 0 amide bonds. The van der Waals surface area contributed by atoms with E-state index in [1.807, 2.05) is 11.9 Å². The van der Waals surface area contributed by atoms with Crippen LogP contribution in [-0.4, -0.2) is 54.7 Å². The van der Waals surface area contributed by atoms with Gasteiger partial charge in [0.1, 0.15) is 4.90 Å². The van der Waals surface area contributed by atoms with Crippen LogP contribution in [0.3, 0.4) is 0 Å². The summed E-state index contributed by atoms with van der Waals surface area (Å²) < 4.78 is 24.3. The van der Waals surface area contributed by atoms with Crippen molar-refractivity contribution in [3.05, 3.63) is 29.8 Å². The van der Waals surface area contributed by atoms with Gasteiger partial charge in [-0.15, -0.1) is 12.4 Å². The zero-order chi connectivity index (χ0) is 18.7. The molecular weight excluding hydrogens is 390 g/mol.